The SMILES string of the molecule is NC(=O)N(c1cc[c]cc1)C1CCCCC1. The van der Waals surface area contributed by atoms with Crippen LogP contribution in [-0.2, 0) is 0 Å². The first-order chi connectivity index (χ1) is 7.79. The van der Waals surface area contributed by atoms with Gasteiger partial charge in [-0.2, -0.15) is 0 Å². The number of hydrogen-bond donors (Lipinski definition) is 1. The van der Waals surface area contributed by atoms with Crippen molar-refractivity contribution >= 4 is 11.7 Å². The summed E-state index contributed by atoms with van der Waals surface area (Å²) >= 11 is 0. The third-order valence-electron chi connectivity index (χ3n) is 3.16. The lowest BCUT2D eigenvalue weighted by molar-refractivity contribution is 0.249. The minimum absolute atomic E-state index is 0.272. The van der Waals surface area contributed by atoms with Crippen LogP contribution >= 0.6 is 0 Å². The van der Waals surface area contributed by atoms with Crippen LogP contribution in [0.2, 0.25) is 0 Å². The topological polar surface area (TPSA) is 46.3 Å². The molecular weight excluding hydrogens is 200 g/mol. The highest BCUT2D eigenvalue weighted by molar-refractivity contribution is 5.91. The molecule has 3 nitrogen and oxygen atoms in total. The number of hydrogen-bond acceptors (Lipinski definition) is 1. The zero-order valence-corrected chi connectivity index (χ0v) is 9.36. The number of anilines is 1. The lowest BCUT2D eigenvalue weighted by Gasteiger charge is -2.33. The lowest BCUT2D eigenvalue weighted by Crippen LogP contribution is -2.44. The summed E-state index contributed by atoms with van der Waals surface area (Å²) in [6, 6.07) is 10.3. The average molecular weight is 217 g/mol. The summed E-state index contributed by atoms with van der Waals surface area (Å²) in [6.45, 7) is 0. The van der Waals surface area contributed by atoms with E-state index in [0.717, 1.165) is 18.5 Å². The number of carbonyl (C=O) groups excluding carboxylic acids is 1. The number of primary amides is 1. The third-order valence-corrected chi connectivity index (χ3v) is 3.16. The molecular formula is C13H17N2O. The zero-order valence-electron chi connectivity index (χ0n) is 9.36. The van der Waals surface area contributed by atoms with Crippen molar-refractivity contribution in [1.82, 2.24) is 0 Å². The van der Waals surface area contributed by atoms with Crippen LogP contribution < -0.4 is 10.6 Å². The largest absolute Gasteiger partial charge is 0.351 e. The fourth-order valence-electron chi connectivity index (χ4n) is 2.40. The molecule has 0 bridgehead atoms. The summed E-state index contributed by atoms with van der Waals surface area (Å²) in [4.78, 5) is 13.3. The van der Waals surface area contributed by atoms with E-state index in [1.165, 1.54) is 19.3 Å². The molecule has 2 amide bonds. The molecule has 3 heteroatoms. The van der Waals surface area contributed by atoms with Crippen molar-refractivity contribution in [1.29, 1.82) is 0 Å². The fourth-order valence-corrected chi connectivity index (χ4v) is 2.40. The number of urea groups is 1. The Morgan fingerprint density at radius 3 is 2.44 bits per heavy atom. The number of amides is 2. The molecule has 1 aliphatic rings. The van der Waals surface area contributed by atoms with Gasteiger partial charge in [-0.25, -0.2) is 4.79 Å². The second-order valence-corrected chi connectivity index (χ2v) is 4.26. The highest BCUT2D eigenvalue weighted by Crippen LogP contribution is 2.26. The number of nitrogens with two attached hydrogens (primary N) is 1. The second kappa shape index (κ2) is 5.01. The number of carbonyl (C=O) groups is 1. The van der Waals surface area contributed by atoms with Crippen molar-refractivity contribution in [3.63, 3.8) is 0 Å². The predicted molar refractivity (Wildman–Crippen MR) is 64.2 cm³/mol. The van der Waals surface area contributed by atoms with Gasteiger partial charge in [-0.3, -0.25) is 4.90 Å². The van der Waals surface area contributed by atoms with Crippen LogP contribution in [0.15, 0.2) is 24.3 Å². The Morgan fingerprint density at radius 2 is 1.88 bits per heavy atom. The summed E-state index contributed by atoms with van der Waals surface area (Å²) in [7, 11) is 0. The highest BCUT2D eigenvalue weighted by atomic mass is 16.2. The van der Waals surface area contributed by atoms with Crippen LogP contribution in [0.25, 0.3) is 0 Å². The second-order valence-electron chi connectivity index (χ2n) is 4.26. The molecule has 1 aromatic rings. The maximum absolute atomic E-state index is 11.5. The number of benzene rings is 1. The molecule has 1 fully saturated rings. The standard InChI is InChI=1S/C13H17N2O/c14-13(16)15(11-7-3-1-4-8-11)12-9-5-2-6-10-12/h5-6,9-11H,1,3-4,7-8H2,(H2,14,16). The van der Waals surface area contributed by atoms with Gasteiger partial charge in [0.2, 0.25) is 0 Å². The van der Waals surface area contributed by atoms with Crippen molar-refractivity contribution in [2.24, 2.45) is 5.73 Å². The number of nitrogens with zero attached hydrogens (tertiary/aromatic N) is 1. The van der Waals surface area contributed by atoms with Gasteiger partial charge in [0.05, 0.1) is 0 Å². The van der Waals surface area contributed by atoms with Gasteiger partial charge >= 0.3 is 6.03 Å². The zero-order chi connectivity index (χ0) is 11.4. The van der Waals surface area contributed by atoms with E-state index in [2.05, 4.69) is 6.07 Å². The minimum atomic E-state index is -0.349. The van der Waals surface area contributed by atoms with Gasteiger partial charge < -0.3 is 5.73 Å². The fraction of sp³-hybridized carbons (Fsp3) is 0.462. The molecule has 0 atom stereocenters. The van der Waals surface area contributed by atoms with Crippen LogP contribution in [0.4, 0.5) is 10.5 Å². The molecule has 0 saturated heterocycles. The molecule has 1 saturated carbocycles. The van der Waals surface area contributed by atoms with E-state index in [9.17, 15) is 4.79 Å². The molecule has 16 heavy (non-hydrogen) atoms. The predicted octanol–water partition coefficient (Wildman–Crippen LogP) is 2.70. The minimum Gasteiger partial charge on any atom is -0.351 e. The average Bonchev–Trinajstić information content (AvgIpc) is 2.31. The Kier molecular flexibility index (Phi) is 3.44. The van der Waals surface area contributed by atoms with Crippen molar-refractivity contribution in [2.45, 2.75) is 38.1 Å². The molecule has 2 rings (SSSR count). The third kappa shape index (κ3) is 2.35. The maximum Gasteiger partial charge on any atom is 0.319 e. The van der Waals surface area contributed by atoms with E-state index in [0.29, 0.717) is 0 Å². The van der Waals surface area contributed by atoms with E-state index in [1.54, 1.807) is 4.90 Å². The van der Waals surface area contributed by atoms with Crippen molar-refractivity contribution in [3.8, 4) is 0 Å². The molecule has 0 aromatic heterocycles. The molecule has 0 heterocycles. The Hall–Kier alpha value is -1.51. The summed E-state index contributed by atoms with van der Waals surface area (Å²) in [6.07, 6.45) is 5.76. The molecule has 1 aliphatic carbocycles. The highest BCUT2D eigenvalue weighted by Gasteiger charge is 2.24. The quantitative estimate of drug-likeness (QED) is 0.813. The molecule has 1 aromatic carbocycles. The Balaban J connectivity index is 2.20. The first-order valence-electron chi connectivity index (χ1n) is 5.84. The van der Waals surface area contributed by atoms with E-state index in [4.69, 9.17) is 5.73 Å². The molecule has 1 radical (unpaired) electrons. The Bertz CT molecular complexity index is 344. The Morgan fingerprint density at radius 1 is 1.25 bits per heavy atom. The van der Waals surface area contributed by atoms with Gasteiger partial charge in [0, 0.05) is 11.7 Å². The van der Waals surface area contributed by atoms with Gasteiger partial charge in [0.1, 0.15) is 0 Å². The van der Waals surface area contributed by atoms with E-state index in [1.807, 2.05) is 24.3 Å². The van der Waals surface area contributed by atoms with Gasteiger partial charge in [-0.05, 0) is 31.0 Å². The van der Waals surface area contributed by atoms with Gasteiger partial charge in [-0.1, -0.05) is 31.4 Å². The smallest absolute Gasteiger partial charge is 0.319 e. The molecule has 0 unspecified atom stereocenters. The van der Waals surface area contributed by atoms with Gasteiger partial charge in [0.25, 0.3) is 0 Å². The van der Waals surface area contributed by atoms with Crippen LogP contribution in [0, 0.1) is 6.07 Å². The van der Waals surface area contributed by atoms with Crippen LogP contribution in [0.1, 0.15) is 32.1 Å². The van der Waals surface area contributed by atoms with Gasteiger partial charge in [-0.15, -0.1) is 0 Å². The van der Waals surface area contributed by atoms with Crippen molar-refractivity contribution in [2.75, 3.05) is 4.90 Å². The molecule has 0 aliphatic heterocycles. The van der Waals surface area contributed by atoms with Crippen LogP contribution in [0.3, 0.4) is 0 Å². The molecule has 85 valence electrons. The molecule has 0 spiro atoms. The van der Waals surface area contributed by atoms with Crippen LogP contribution in [0.5, 0.6) is 0 Å². The molecule has 2 N–H and O–H groups in total. The summed E-state index contributed by atoms with van der Waals surface area (Å²) in [5, 5.41) is 0. The summed E-state index contributed by atoms with van der Waals surface area (Å²) < 4.78 is 0. The normalized spacial score (nSPS) is 17.0. The van der Waals surface area contributed by atoms with Crippen molar-refractivity contribution < 1.29 is 4.79 Å². The van der Waals surface area contributed by atoms with E-state index < -0.39 is 0 Å². The van der Waals surface area contributed by atoms with Crippen molar-refractivity contribution in [3.05, 3.63) is 30.3 Å². The Labute approximate surface area is 96.2 Å². The summed E-state index contributed by atoms with van der Waals surface area (Å²) in [5.74, 6) is 0. The maximum atomic E-state index is 11.5. The monoisotopic (exact) mass is 217 g/mol. The number of rotatable bonds is 2. The first kappa shape index (κ1) is 11.0. The first-order valence-corrected chi connectivity index (χ1v) is 5.84. The van der Waals surface area contributed by atoms with E-state index in [-0.39, 0.29) is 12.1 Å². The van der Waals surface area contributed by atoms with Crippen LogP contribution in [-0.4, -0.2) is 12.1 Å². The van der Waals surface area contributed by atoms with E-state index >= 15 is 0 Å². The lowest BCUT2D eigenvalue weighted by atomic mass is 9.94. The summed E-state index contributed by atoms with van der Waals surface area (Å²) in [5.41, 5.74) is 6.36. The van der Waals surface area contributed by atoms with Gasteiger partial charge in [0.15, 0.2) is 0 Å².